The summed E-state index contributed by atoms with van der Waals surface area (Å²) in [6.07, 6.45) is 6.33. The van der Waals surface area contributed by atoms with E-state index in [1.807, 2.05) is 29.4 Å². The maximum absolute atomic E-state index is 13.8. The topological polar surface area (TPSA) is 71.5 Å². The summed E-state index contributed by atoms with van der Waals surface area (Å²) in [5.41, 5.74) is 0.0565. The highest BCUT2D eigenvalue weighted by atomic mass is 32.2. The van der Waals surface area contributed by atoms with Crippen molar-refractivity contribution >= 4 is 23.6 Å². The Morgan fingerprint density at radius 3 is 2.67 bits per heavy atom. The molecule has 0 atom stereocenters. The van der Waals surface area contributed by atoms with Crippen LogP contribution in [0.25, 0.3) is 0 Å². The minimum absolute atomic E-state index is 0.0565. The molecule has 1 aromatic heterocycles. The second-order valence-electron chi connectivity index (χ2n) is 7.63. The van der Waals surface area contributed by atoms with Crippen molar-refractivity contribution in [1.82, 2.24) is 15.2 Å². The summed E-state index contributed by atoms with van der Waals surface area (Å²) in [5, 5.41) is 2.95. The number of nitrogens with one attached hydrogen (secondary N) is 1. The molecule has 2 heterocycles. The molecular weight excluding hydrogens is 405 g/mol. The Labute approximate surface area is 179 Å². The van der Waals surface area contributed by atoms with Crippen LogP contribution in [0.3, 0.4) is 0 Å². The number of hydrogen-bond acceptors (Lipinski definition) is 5. The number of carbonyl (C=O) groups is 2. The van der Waals surface area contributed by atoms with Crippen LogP contribution in [0.15, 0.2) is 41.4 Å². The number of hydrogen-bond donors (Lipinski definition) is 1. The van der Waals surface area contributed by atoms with Crippen LogP contribution in [0.4, 0.5) is 4.39 Å². The van der Waals surface area contributed by atoms with Crippen LogP contribution < -0.4 is 10.1 Å². The number of piperidine rings is 1. The molecule has 1 saturated heterocycles. The summed E-state index contributed by atoms with van der Waals surface area (Å²) in [4.78, 5) is 31.9. The van der Waals surface area contributed by atoms with E-state index in [1.165, 1.54) is 0 Å². The molecule has 1 aliphatic carbocycles. The molecule has 2 fully saturated rings. The van der Waals surface area contributed by atoms with Crippen molar-refractivity contribution in [2.75, 3.05) is 19.3 Å². The lowest BCUT2D eigenvalue weighted by molar-refractivity contribution is -0.133. The third kappa shape index (κ3) is 4.92. The molecule has 2 aliphatic rings. The Morgan fingerprint density at radius 1 is 1.20 bits per heavy atom. The summed E-state index contributed by atoms with van der Waals surface area (Å²) >= 11 is 1.57. The molecule has 158 valence electrons. The predicted molar refractivity (Wildman–Crippen MR) is 112 cm³/mol. The van der Waals surface area contributed by atoms with Gasteiger partial charge < -0.3 is 15.0 Å². The zero-order valence-corrected chi connectivity index (χ0v) is 17.6. The van der Waals surface area contributed by atoms with Gasteiger partial charge in [-0.15, -0.1) is 11.8 Å². The second kappa shape index (κ2) is 9.04. The van der Waals surface area contributed by atoms with E-state index in [2.05, 4.69) is 10.3 Å². The fourth-order valence-electron chi connectivity index (χ4n) is 3.54. The van der Waals surface area contributed by atoms with Gasteiger partial charge >= 0.3 is 0 Å². The van der Waals surface area contributed by atoms with E-state index < -0.39 is 11.7 Å². The third-order valence-corrected chi connectivity index (χ3v) is 6.11. The zero-order valence-electron chi connectivity index (χ0n) is 16.8. The normalized spacial score (nSPS) is 16.9. The number of nitrogens with zero attached hydrogens (tertiary/aromatic N) is 2. The van der Waals surface area contributed by atoms with Gasteiger partial charge in [0.25, 0.3) is 5.91 Å². The van der Waals surface area contributed by atoms with Crippen LogP contribution in [0, 0.1) is 11.7 Å². The van der Waals surface area contributed by atoms with Gasteiger partial charge in [-0.25, -0.2) is 9.37 Å². The first kappa shape index (κ1) is 20.7. The number of thioether (sulfide) groups is 1. The molecule has 0 radical (unpaired) electrons. The largest absolute Gasteiger partial charge is 0.438 e. The number of benzene rings is 1. The van der Waals surface area contributed by atoms with Crippen molar-refractivity contribution in [3.05, 3.63) is 47.9 Å². The smallest absolute Gasteiger partial charge is 0.257 e. The summed E-state index contributed by atoms with van der Waals surface area (Å²) in [7, 11) is 0. The molecule has 0 spiro atoms. The van der Waals surface area contributed by atoms with Crippen LogP contribution in [-0.4, -0.2) is 47.1 Å². The van der Waals surface area contributed by atoms with Gasteiger partial charge in [0.1, 0.15) is 17.1 Å². The van der Waals surface area contributed by atoms with Crippen molar-refractivity contribution in [1.29, 1.82) is 0 Å². The van der Waals surface area contributed by atoms with Gasteiger partial charge in [0, 0.05) is 29.9 Å². The van der Waals surface area contributed by atoms with Gasteiger partial charge in [0.2, 0.25) is 11.8 Å². The Bertz CT molecular complexity index is 943. The van der Waals surface area contributed by atoms with Crippen LogP contribution in [0.5, 0.6) is 11.6 Å². The van der Waals surface area contributed by atoms with E-state index in [-0.39, 0.29) is 29.3 Å². The minimum atomic E-state index is -0.602. The van der Waals surface area contributed by atoms with E-state index in [0.29, 0.717) is 31.7 Å². The lowest BCUT2D eigenvalue weighted by Crippen LogP contribution is -2.47. The first-order valence-electron chi connectivity index (χ1n) is 10.1. The molecule has 30 heavy (non-hydrogen) atoms. The molecule has 1 saturated carbocycles. The fraction of sp³-hybridized carbons (Fsp3) is 0.409. The zero-order chi connectivity index (χ0) is 21.1. The fourth-order valence-corrected chi connectivity index (χ4v) is 3.99. The first-order valence-corrected chi connectivity index (χ1v) is 11.3. The highest BCUT2D eigenvalue weighted by Gasteiger charge is 2.35. The van der Waals surface area contributed by atoms with Gasteiger partial charge in [-0.2, -0.15) is 0 Å². The highest BCUT2D eigenvalue weighted by molar-refractivity contribution is 7.98. The van der Waals surface area contributed by atoms with Crippen LogP contribution in [0.2, 0.25) is 0 Å². The quantitative estimate of drug-likeness (QED) is 0.706. The summed E-state index contributed by atoms with van der Waals surface area (Å²) in [6.45, 7) is 1.26. The van der Waals surface area contributed by atoms with Crippen LogP contribution in [0.1, 0.15) is 36.0 Å². The van der Waals surface area contributed by atoms with E-state index in [1.54, 1.807) is 17.8 Å². The summed E-state index contributed by atoms with van der Waals surface area (Å²) < 4.78 is 19.6. The Morgan fingerprint density at radius 2 is 1.97 bits per heavy atom. The monoisotopic (exact) mass is 429 g/mol. The highest BCUT2D eigenvalue weighted by Crippen LogP contribution is 2.32. The van der Waals surface area contributed by atoms with Crippen molar-refractivity contribution in [2.24, 2.45) is 5.92 Å². The molecule has 1 aliphatic heterocycles. The average Bonchev–Trinajstić information content (AvgIpc) is 3.60. The van der Waals surface area contributed by atoms with Gasteiger partial charge in [0.15, 0.2) is 0 Å². The molecule has 2 amide bonds. The van der Waals surface area contributed by atoms with Gasteiger partial charge in [-0.05, 0) is 56.2 Å². The first-order chi connectivity index (χ1) is 14.5. The van der Waals surface area contributed by atoms with Crippen molar-refractivity contribution in [3.8, 4) is 11.6 Å². The predicted octanol–water partition coefficient (Wildman–Crippen LogP) is 3.87. The molecule has 1 aromatic carbocycles. The van der Waals surface area contributed by atoms with Crippen LogP contribution in [-0.2, 0) is 4.79 Å². The minimum Gasteiger partial charge on any atom is -0.438 e. The molecule has 1 N–H and O–H groups in total. The van der Waals surface area contributed by atoms with Crippen molar-refractivity contribution in [2.45, 2.75) is 36.6 Å². The molecular formula is C22H24FN3O3S. The number of ether oxygens (including phenoxy) is 1. The Balaban J connectivity index is 1.42. The Hall–Kier alpha value is -2.61. The number of carbonyl (C=O) groups excluding carboxylic acids is 2. The molecule has 0 unspecified atom stereocenters. The molecule has 4 rings (SSSR count). The Kier molecular flexibility index (Phi) is 6.22. The molecule has 0 bridgehead atoms. The second-order valence-corrected chi connectivity index (χ2v) is 8.51. The maximum Gasteiger partial charge on any atom is 0.257 e. The van der Waals surface area contributed by atoms with Gasteiger partial charge in [-0.3, -0.25) is 9.59 Å². The van der Waals surface area contributed by atoms with Gasteiger partial charge in [-0.1, -0.05) is 6.07 Å². The number of amides is 2. The lowest BCUT2D eigenvalue weighted by Gasteiger charge is -2.32. The number of rotatable bonds is 6. The standard InChI is InChI=1S/C22H24FN3O3S/c1-30-18-4-2-3-17(12-18)29-21-19(11-15(23)13-24-21)20(27)25-16-7-9-26(10-8-16)22(28)14-5-6-14/h2-4,11-14,16H,5-10H2,1H3,(H,25,27). The van der Waals surface area contributed by atoms with Crippen molar-refractivity contribution in [3.63, 3.8) is 0 Å². The third-order valence-electron chi connectivity index (χ3n) is 5.39. The van der Waals surface area contributed by atoms with E-state index in [4.69, 9.17) is 4.74 Å². The SMILES string of the molecule is CSc1cccc(Oc2ncc(F)cc2C(=O)NC2CCN(C(=O)C3CC3)CC2)c1. The van der Waals surface area contributed by atoms with E-state index in [9.17, 15) is 14.0 Å². The number of halogens is 1. The van der Waals surface area contributed by atoms with Gasteiger partial charge in [0.05, 0.1) is 6.20 Å². The number of pyridine rings is 1. The van der Waals surface area contributed by atoms with E-state index >= 15 is 0 Å². The average molecular weight is 430 g/mol. The molecule has 2 aromatic rings. The molecule has 8 heteroatoms. The summed E-state index contributed by atoms with van der Waals surface area (Å²) in [6, 6.07) is 8.46. The maximum atomic E-state index is 13.8. The molecule has 6 nitrogen and oxygen atoms in total. The summed E-state index contributed by atoms with van der Waals surface area (Å²) in [5.74, 6) is 0.00621. The van der Waals surface area contributed by atoms with Crippen molar-refractivity contribution < 1.29 is 18.7 Å². The van der Waals surface area contributed by atoms with E-state index in [0.717, 1.165) is 30.0 Å². The van der Waals surface area contributed by atoms with Crippen LogP contribution >= 0.6 is 11.8 Å². The lowest BCUT2D eigenvalue weighted by atomic mass is 10.0. The number of likely N-dealkylation sites (tertiary alicyclic amines) is 1. The number of aromatic nitrogens is 1.